The lowest BCUT2D eigenvalue weighted by atomic mass is 9.81. The third-order valence-electron chi connectivity index (χ3n) is 2.44. The third kappa shape index (κ3) is 0.510. The van der Waals surface area contributed by atoms with Crippen LogP contribution in [0.2, 0.25) is 0 Å². The zero-order chi connectivity index (χ0) is 5.56. The van der Waals surface area contributed by atoms with Gasteiger partial charge in [-0.2, -0.15) is 0 Å². The lowest BCUT2D eigenvalue weighted by molar-refractivity contribution is -0.181. The highest BCUT2D eigenvalue weighted by Crippen LogP contribution is 2.38. The topological polar surface area (TPSA) is 9.23 Å². The number of rotatable bonds is 0. The first-order valence-corrected chi connectivity index (χ1v) is 3.52. The van der Waals surface area contributed by atoms with E-state index in [0.29, 0.717) is 12.2 Å². The van der Waals surface area contributed by atoms with E-state index in [4.69, 9.17) is 4.74 Å². The first kappa shape index (κ1) is 4.80. The molecule has 46 valence electrons. The van der Waals surface area contributed by atoms with Crippen LogP contribution in [0.5, 0.6) is 0 Å². The SMILES string of the molecule is C[C@@H]1CCC2CC1O2. The van der Waals surface area contributed by atoms with Crippen molar-refractivity contribution in [3.63, 3.8) is 0 Å². The molecular formula is C7H12O. The van der Waals surface area contributed by atoms with Crippen LogP contribution in [-0.2, 0) is 4.74 Å². The Kier molecular flexibility index (Phi) is 0.884. The number of fused-ring (bicyclic) bond motifs is 2. The lowest BCUT2D eigenvalue weighted by Gasteiger charge is -2.45. The van der Waals surface area contributed by atoms with Gasteiger partial charge < -0.3 is 4.74 Å². The third-order valence-corrected chi connectivity index (χ3v) is 2.44. The average molecular weight is 112 g/mol. The molecule has 1 saturated carbocycles. The van der Waals surface area contributed by atoms with Crippen LogP contribution in [0.4, 0.5) is 0 Å². The Hall–Kier alpha value is -0.0400. The van der Waals surface area contributed by atoms with Gasteiger partial charge in [0, 0.05) is 6.42 Å². The van der Waals surface area contributed by atoms with E-state index in [2.05, 4.69) is 6.92 Å². The summed E-state index contributed by atoms with van der Waals surface area (Å²) in [7, 11) is 0. The molecule has 2 aliphatic heterocycles. The van der Waals surface area contributed by atoms with Gasteiger partial charge in [-0.05, 0) is 18.8 Å². The summed E-state index contributed by atoms with van der Waals surface area (Å²) in [5, 5.41) is 0. The molecule has 0 N–H and O–H groups in total. The molecule has 3 fully saturated rings. The molecule has 0 aromatic heterocycles. The van der Waals surface area contributed by atoms with Crippen LogP contribution in [0.25, 0.3) is 0 Å². The van der Waals surface area contributed by atoms with E-state index in [1.54, 1.807) is 0 Å². The molecule has 2 unspecified atom stereocenters. The van der Waals surface area contributed by atoms with Gasteiger partial charge in [-0.1, -0.05) is 6.92 Å². The van der Waals surface area contributed by atoms with E-state index in [9.17, 15) is 0 Å². The molecule has 2 heterocycles. The minimum atomic E-state index is 0.647. The van der Waals surface area contributed by atoms with Gasteiger partial charge in [-0.25, -0.2) is 0 Å². The van der Waals surface area contributed by atoms with Crippen LogP contribution in [-0.4, -0.2) is 12.2 Å². The summed E-state index contributed by atoms with van der Waals surface area (Å²) in [6, 6.07) is 0. The van der Waals surface area contributed by atoms with E-state index in [-0.39, 0.29) is 0 Å². The zero-order valence-corrected chi connectivity index (χ0v) is 5.26. The van der Waals surface area contributed by atoms with Crippen molar-refractivity contribution in [1.82, 2.24) is 0 Å². The van der Waals surface area contributed by atoms with E-state index < -0.39 is 0 Å². The maximum absolute atomic E-state index is 5.49. The Bertz CT molecular complexity index is 89.1. The summed E-state index contributed by atoms with van der Waals surface area (Å²) in [6.45, 7) is 2.29. The van der Waals surface area contributed by atoms with Crippen LogP contribution < -0.4 is 0 Å². The Morgan fingerprint density at radius 1 is 1.38 bits per heavy atom. The Balaban J connectivity index is 2.01. The fraction of sp³-hybridized carbons (Fsp3) is 1.00. The minimum absolute atomic E-state index is 0.647. The first-order valence-electron chi connectivity index (χ1n) is 3.52. The number of ether oxygens (including phenoxy) is 1. The van der Waals surface area contributed by atoms with Crippen LogP contribution in [0.1, 0.15) is 26.2 Å². The van der Waals surface area contributed by atoms with Crippen molar-refractivity contribution < 1.29 is 4.74 Å². The molecule has 2 bridgehead atoms. The molecule has 3 aliphatic rings. The Morgan fingerprint density at radius 2 is 2.12 bits per heavy atom. The van der Waals surface area contributed by atoms with Crippen molar-refractivity contribution in [3.05, 3.63) is 0 Å². The van der Waals surface area contributed by atoms with Crippen LogP contribution in [0.15, 0.2) is 0 Å². The molecule has 0 amide bonds. The summed E-state index contributed by atoms with van der Waals surface area (Å²) in [4.78, 5) is 0. The summed E-state index contributed by atoms with van der Waals surface area (Å²) in [5.74, 6) is 0.847. The Morgan fingerprint density at radius 3 is 2.38 bits per heavy atom. The van der Waals surface area contributed by atoms with E-state index >= 15 is 0 Å². The van der Waals surface area contributed by atoms with Gasteiger partial charge in [0.05, 0.1) is 12.2 Å². The molecule has 0 aromatic rings. The van der Waals surface area contributed by atoms with E-state index in [1.807, 2.05) is 0 Å². The van der Waals surface area contributed by atoms with Crippen molar-refractivity contribution >= 4 is 0 Å². The van der Waals surface area contributed by atoms with Crippen molar-refractivity contribution in [3.8, 4) is 0 Å². The molecule has 1 nitrogen and oxygen atoms in total. The molecule has 1 heteroatoms. The van der Waals surface area contributed by atoms with Gasteiger partial charge in [0.1, 0.15) is 0 Å². The van der Waals surface area contributed by atoms with Crippen molar-refractivity contribution in [2.45, 2.75) is 38.4 Å². The second kappa shape index (κ2) is 1.47. The fourth-order valence-corrected chi connectivity index (χ4v) is 1.68. The van der Waals surface area contributed by atoms with Gasteiger partial charge in [0.15, 0.2) is 0 Å². The van der Waals surface area contributed by atoms with Gasteiger partial charge in [0.2, 0.25) is 0 Å². The summed E-state index contributed by atoms with van der Waals surface area (Å²) in [6.07, 6.45) is 5.37. The van der Waals surface area contributed by atoms with Gasteiger partial charge in [-0.3, -0.25) is 0 Å². The fourth-order valence-electron chi connectivity index (χ4n) is 1.68. The van der Waals surface area contributed by atoms with Crippen LogP contribution in [0, 0.1) is 5.92 Å². The summed E-state index contributed by atoms with van der Waals surface area (Å²) < 4.78 is 5.49. The van der Waals surface area contributed by atoms with Gasteiger partial charge in [0.25, 0.3) is 0 Å². The van der Waals surface area contributed by atoms with Crippen LogP contribution in [0.3, 0.4) is 0 Å². The number of hydrogen-bond donors (Lipinski definition) is 0. The monoisotopic (exact) mass is 112 g/mol. The molecule has 1 aliphatic carbocycles. The largest absolute Gasteiger partial charge is 0.375 e. The highest BCUT2D eigenvalue weighted by molar-refractivity contribution is 4.87. The first-order chi connectivity index (χ1) is 3.86. The van der Waals surface area contributed by atoms with Gasteiger partial charge >= 0.3 is 0 Å². The smallest absolute Gasteiger partial charge is 0.0629 e. The predicted molar refractivity (Wildman–Crippen MR) is 31.7 cm³/mol. The second-order valence-electron chi connectivity index (χ2n) is 3.09. The standard InChI is InChI=1S/C7H12O/c1-5-2-3-6-4-7(5)8-6/h5-7H,2-4H2,1H3/t5-,6?,7?/m1/s1. The van der Waals surface area contributed by atoms with Crippen molar-refractivity contribution in [2.24, 2.45) is 5.92 Å². The molecule has 0 radical (unpaired) electrons. The molecule has 0 aromatic carbocycles. The zero-order valence-electron chi connectivity index (χ0n) is 5.26. The normalized spacial score (nSPS) is 52.9. The molecule has 3 atom stereocenters. The molecule has 8 heavy (non-hydrogen) atoms. The molecule has 2 saturated heterocycles. The summed E-state index contributed by atoms with van der Waals surface area (Å²) in [5.41, 5.74) is 0. The van der Waals surface area contributed by atoms with Crippen molar-refractivity contribution in [2.75, 3.05) is 0 Å². The van der Waals surface area contributed by atoms with E-state index in [0.717, 1.165) is 5.92 Å². The highest BCUT2D eigenvalue weighted by Gasteiger charge is 2.38. The molecule has 3 rings (SSSR count). The lowest BCUT2D eigenvalue weighted by Crippen LogP contribution is -2.46. The minimum Gasteiger partial charge on any atom is -0.375 e. The predicted octanol–water partition coefficient (Wildman–Crippen LogP) is 1.57. The van der Waals surface area contributed by atoms with E-state index in [1.165, 1.54) is 19.3 Å². The molecule has 0 spiro atoms. The highest BCUT2D eigenvalue weighted by atomic mass is 16.5. The van der Waals surface area contributed by atoms with Crippen LogP contribution >= 0.6 is 0 Å². The average Bonchev–Trinajstić information content (AvgIpc) is 1.62. The Labute approximate surface area is 50.0 Å². The second-order valence-corrected chi connectivity index (χ2v) is 3.09. The maximum atomic E-state index is 5.49. The molecular weight excluding hydrogens is 100 g/mol. The van der Waals surface area contributed by atoms with Gasteiger partial charge in [-0.15, -0.1) is 0 Å². The van der Waals surface area contributed by atoms with Crippen molar-refractivity contribution in [1.29, 1.82) is 0 Å². The number of hydrogen-bond acceptors (Lipinski definition) is 1. The quantitative estimate of drug-likeness (QED) is 0.462. The maximum Gasteiger partial charge on any atom is 0.0629 e. The summed E-state index contributed by atoms with van der Waals surface area (Å²) >= 11 is 0.